The second-order valence-corrected chi connectivity index (χ2v) is 4.46. The first kappa shape index (κ1) is 10.2. The standard InChI is InChI=1S/C15H15NO/c16-13-5-8-14(9-6-13)17-15-7-4-11-2-1-3-12(11)10-15/h4-10H,1-3,16H2. The van der Waals surface area contributed by atoms with Gasteiger partial charge in [-0.1, -0.05) is 6.07 Å². The molecule has 0 spiro atoms. The fourth-order valence-electron chi connectivity index (χ4n) is 2.28. The van der Waals surface area contributed by atoms with E-state index in [1.165, 1.54) is 30.4 Å². The molecule has 1 aliphatic carbocycles. The second kappa shape index (κ2) is 4.13. The predicted octanol–water partition coefficient (Wildman–Crippen LogP) is 3.55. The third kappa shape index (κ3) is 2.11. The minimum Gasteiger partial charge on any atom is -0.457 e. The van der Waals surface area contributed by atoms with Crippen molar-refractivity contribution < 1.29 is 4.74 Å². The van der Waals surface area contributed by atoms with E-state index in [1.54, 1.807) is 0 Å². The first-order valence-corrected chi connectivity index (χ1v) is 5.96. The van der Waals surface area contributed by atoms with Crippen LogP contribution in [0.3, 0.4) is 0 Å². The van der Waals surface area contributed by atoms with E-state index in [0.717, 1.165) is 17.2 Å². The highest BCUT2D eigenvalue weighted by Gasteiger charge is 2.11. The molecule has 0 saturated heterocycles. The van der Waals surface area contributed by atoms with Crippen LogP contribution in [0.15, 0.2) is 42.5 Å². The van der Waals surface area contributed by atoms with Crippen LogP contribution in [0, 0.1) is 0 Å². The summed E-state index contributed by atoms with van der Waals surface area (Å²) >= 11 is 0. The third-order valence-electron chi connectivity index (χ3n) is 3.19. The van der Waals surface area contributed by atoms with E-state index in [4.69, 9.17) is 10.5 Å². The summed E-state index contributed by atoms with van der Waals surface area (Å²) in [7, 11) is 0. The summed E-state index contributed by atoms with van der Waals surface area (Å²) < 4.78 is 5.80. The number of fused-ring (bicyclic) bond motifs is 1. The molecule has 0 heterocycles. The lowest BCUT2D eigenvalue weighted by Crippen LogP contribution is -1.88. The molecule has 2 N–H and O–H groups in total. The van der Waals surface area contributed by atoms with Crippen LogP contribution < -0.4 is 10.5 Å². The molecule has 2 heteroatoms. The van der Waals surface area contributed by atoms with Crippen molar-refractivity contribution in [3.63, 3.8) is 0 Å². The van der Waals surface area contributed by atoms with Crippen molar-refractivity contribution in [2.75, 3.05) is 5.73 Å². The highest BCUT2D eigenvalue weighted by atomic mass is 16.5. The van der Waals surface area contributed by atoms with Gasteiger partial charge in [0, 0.05) is 5.69 Å². The number of benzene rings is 2. The molecule has 17 heavy (non-hydrogen) atoms. The number of aryl methyl sites for hydroxylation is 2. The van der Waals surface area contributed by atoms with E-state index in [-0.39, 0.29) is 0 Å². The van der Waals surface area contributed by atoms with Gasteiger partial charge in [-0.25, -0.2) is 0 Å². The van der Waals surface area contributed by atoms with Crippen LogP contribution >= 0.6 is 0 Å². The smallest absolute Gasteiger partial charge is 0.127 e. The van der Waals surface area contributed by atoms with Gasteiger partial charge in [-0.05, 0) is 66.8 Å². The quantitative estimate of drug-likeness (QED) is 0.793. The zero-order valence-electron chi connectivity index (χ0n) is 9.65. The van der Waals surface area contributed by atoms with Crippen LogP contribution in [-0.2, 0) is 12.8 Å². The largest absolute Gasteiger partial charge is 0.457 e. The Labute approximate surface area is 101 Å². The summed E-state index contributed by atoms with van der Waals surface area (Å²) in [4.78, 5) is 0. The van der Waals surface area contributed by atoms with Gasteiger partial charge in [0.05, 0.1) is 0 Å². The zero-order chi connectivity index (χ0) is 11.7. The number of hydrogen-bond acceptors (Lipinski definition) is 2. The summed E-state index contributed by atoms with van der Waals surface area (Å²) in [5.41, 5.74) is 9.29. The molecule has 2 nitrogen and oxygen atoms in total. The van der Waals surface area contributed by atoms with Crippen molar-refractivity contribution in [1.82, 2.24) is 0 Å². The van der Waals surface area contributed by atoms with E-state index in [0.29, 0.717) is 0 Å². The summed E-state index contributed by atoms with van der Waals surface area (Å²) in [5.74, 6) is 1.74. The SMILES string of the molecule is Nc1ccc(Oc2ccc3c(c2)CCC3)cc1. The Hall–Kier alpha value is -1.96. The molecular weight excluding hydrogens is 210 g/mol. The summed E-state index contributed by atoms with van der Waals surface area (Å²) in [6.45, 7) is 0. The van der Waals surface area contributed by atoms with Crippen LogP contribution in [0.1, 0.15) is 17.5 Å². The molecule has 1 aliphatic rings. The molecule has 3 rings (SSSR count). The maximum Gasteiger partial charge on any atom is 0.127 e. The number of ether oxygens (including phenoxy) is 1. The minimum atomic E-state index is 0.756. The zero-order valence-corrected chi connectivity index (χ0v) is 9.65. The lowest BCUT2D eigenvalue weighted by atomic mass is 10.1. The van der Waals surface area contributed by atoms with Crippen molar-refractivity contribution in [3.05, 3.63) is 53.6 Å². The normalized spacial score (nSPS) is 13.4. The van der Waals surface area contributed by atoms with Crippen molar-refractivity contribution in [2.24, 2.45) is 0 Å². The molecule has 0 amide bonds. The Bertz CT molecular complexity index is 531. The predicted molar refractivity (Wildman–Crippen MR) is 69.4 cm³/mol. The van der Waals surface area contributed by atoms with Crippen LogP contribution in [0.4, 0.5) is 5.69 Å². The molecule has 0 aromatic heterocycles. The molecule has 0 unspecified atom stereocenters. The van der Waals surface area contributed by atoms with Crippen LogP contribution in [-0.4, -0.2) is 0 Å². The van der Waals surface area contributed by atoms with Crippen molar-refractivity contribution in [1.29, 1.82) is 0 Å². The van der Waals surface area contributed by atoms with Gasteiger partial charge in [-0.15, -0.1) is 0 Å². The summed E-state index contributed by atoms with van der Waals surface area (Å²) in [6.07, 6.45) is 3.65. The van der Waals surface area contributed by atoms with Gasteiger partial charge < -0.3 is 10.5 Å². The highest BCUT2D eigenvalue weighted by molar-refractivity contribution is 5.44. The Kier molecular flexibility index (Phi) is 2.48. The number of hydrogen-bond donors (Lipinski definition) is 1. The molecule has 2 aromatic rings. The molecule has 0 radical (unpaired) electrons. The molecule has 0 atom stereocenters. The Morgan fingerprint density at radius 3 is 2.35 bits per heavy atom. The van der Waals surface area contributed by atoms with Gasteiger partial charge in [0.15, 0.2) is 0 Å². The summed E-state index contributed by atoms with van der Waals surface area (Å²) in [5, 5.41) is 0. The average molecular weight is 225 g/mol. The van der Waals surface area contributed by atoms with E-state index in [9.17, 15) is 0 Å². The lowest BCUT2D eigenvalue weighted by molar-refractivity contribution is 0.482. The van der Waals surface area contributed by atoms with Crippen molar-refractivity contribution in [3.8, 4) is 11.5 Å². The monoisotopic (exact) mass is 225 g/mol. The molecule has 0 saturated carbocycles. The van der Waals surface area contributed by atoms with Gasteiger partial charge in [-0.3, -0.25) is 0 Å². The number of anilines is 1. The number of nitrogen functional groups attached to an aromatic ring is 1. The second-order valence-electron chi connectivity index (χ2n) is 4.46. The van der Waals surface area contributed by atoms with Gasteiger partial charge >= 0.3 is 0 Å². The third-order valence-corrected chi connectivity index (χ3v) is 3.19. The first-order chi connectivity index (χ1) is 8.31. The first-order valence-electron chi connectivity index (χ1n) is 5.96. The minimum absolute atomic E-state index is 0.756. The topological polar surface area (TPSA) is 35.2 Å². The fourth-order valence-corrected chi connectivity index (χ4v) is 2.28. The van der Waals surface area contributed by atoms with Crippen LogP contribution in [0.25, 0.3) is 0 Å². The van der Waals surface area contributed by atoms with E-state index >= 15 is 0 Å². The molecule has 2 aromatic carbocycles. The average Bonchev–Trinajstić information content (AvgIpc) is 2.79. The molecule has 0 fully saturated rings. The summed E-state index contributed by atoms with van der Waals surface area (Å²) in [6, 6.07) is 13.9. The molecule has 0 bridgehead atoms. The highest BCUT2D eigenvalue weighted by Crippen LogP contribution is 2.29. The fraction of sp³-hybridized carbons (Fsp3) is 0.200. The number of rotatable bonds is 2. The molecule has 86 valence electrons. The van der Waals surface area contributed by atoms with E-state index < -0.39 is 0 Å². The van der Waals surface area contributed by atoms with Gasteiger partial charge in [0.1, 0.15) is 11.5 Å². The lowest BCUT2D eigenvalue weighted by Gasteiger charge is -2.07. The van der Waals surface area contributed by atoms with E-state index in [1.807, 2.05) is 30.3 Å². The Morgan fingerprint density at radius 1 is 0.824 bits per heavy atom. The van der Waals surface area contributed by atoms with Crippen molar-refractivity contribution >= 4 is 5.69 Å². The van der Waals surface area contributed by atoms with Crippen LogP contribution in [0.5, 0.6) is 11.5 Å². The van der Waals surface area contributed by atoms with Gasteiger partial charge in [-0.2, -0.15) is 0 Å². The Morgan fingerprint density at radius 2 is 1.53 bits per heavy atom. The maximum atomic E-state index is 5.80. The number of nitrogens with two attached hydrogens (primary N) is 1. The Balaban J connectivity index is 1.83. The van der Waals surface area contributed by atoms with Crippen molar-refractivity contribution in [2.45, 2.75) is 19.3 Å². The van der Waals surface area contributed by atoms with Gasteiger partial charge in [0.2, 0.25) is 0 Å². The maximum absolute atomic E-state index is 5.80. The van der Waals surface area contributed by atoms with Crippen LogP contribution in [0.2, 0.25) is 0 Å². The molecular formula is C15H15NO. The van der Waals surface area contributed by atoms with E-state index in [2.05, 4.69) is 12.1 Å². The van der Waals surface area contributed by atoms with Gasteiger partial charge in [0.25, 0.3) is 0 Å². The molecule has 0 aliphatic heterocycles.